The van der Waals surface area contributed by atoms with Crippen LogP contribution < -0.4 is 14.2 Å². The number of ether oxygens (including phenoxy) is 2. The number of aryl methyl sites for hydroxylation is 1. The summed E-state index contributed by atoms with van der Waals surface area (Å²) in [6.45, 7) is 2.62. The molecule has 1 saturated carbocycles. The molecule has 1 amide bonds. The average molecular weight is 485 g/mol. The van der Waals surface area contributed by atoms with Crippen LogP contribution in [-0.2, 0) is 16.6 Å². The third kappa shape index (κ3) is 6.32. The van der Waals surface area contributed by atoms with Crippen LogP contribution in [0.5, 0.6) is 11.6 Å². The monoisotopic (exact) mass is 484 g/mol. The Morgan fingerprint density at radius 3 is 2.56 bits per heavy atom. The van der Waals surface area contributed by atoms with Crippen molar-refractivity contribution in [2.24, 2.45) is 5.92 Å². The highest BCUT2D eigenvalue weighted by Gasteiger charge is 2.22. The van der Waals surface area contributed by atoms with Gasteiger partial charge in [0.15, 0.2) is 0 Å². The lowest BCUT2D eigenvalue weighted by Crippen LogP contribution is -2.29. The van der Waals surface area contributed by atoms with Crippen molar-refractivity contribution >= 4 is 15.9 Å². The minimum Gasteiger partial charge on any atom is -0.489 e. The molecule has 178 valence electrons. The van der Waals surface area contributed by atoms with Crippen LogP contribution in [0.15, 0.2) is 54.7 Å². The van der Waals surface area contributed by atoms with Gasteiger partial charge in [0.1, 0.15) is 18.2 Å². The van der Waals surface area contributed by atoms with Gasteiger partial charge in [-0.3, -0.25) is 4.79 Å². The lowest BCUT2D eigenvalue weighted by atomic mass is 10.0. The Balaban J connectivity index is 1.42. The van der Waals surface area contributed by atoms with Crippen LogP contribution in [-0.4, -0.2) is 32.2 Å². The number of carbonyl (C=O) groups excluding carboxylic acids is 1. The SMILES string of the molecule is Cc1ccc(OCc2ccc(C(=O)NS(C)(=O)=O)cc2F)cc1-c1ccc(OCC2CC2)nc1. The fourth-order valence-corrected chi connectivity index (χ4v) is 3.76. The van der Waals surface area contributed by atoms with E-state index in [0.717, 1.165) is 29.0 Å². The van der Waals surface area contributed by atoms with Gasteiger partial charge in [0, 0.05) is 29.0 Å². The van der Waals surface area contributed by atoms with Crippen molar-refractivity contribution in [3.63, 3.8) is 0 Å². The Hall–Kier alpha value is -3.46. The van der Waals surface area contributed by atoms with E-state index >= 15 is 0 Å². The van der Waals surface area contributed by atoms with E-state index in [-0.39, 0.29) is 17.7 Å². The molecule has 0 atom stereocenters. The van der Waals surface area contributed by atoms with Gasteiger partial charge >= 0.3 is 0 Å². The smallest absolute Gasteiger partial charge is 0.264 e. The number of amides is 1. The first kappa shape index (κ1) is 23.7. The van der Waals surface area contributed by atoms with E-state index in [1.165, 1.54) is 25.0 Å². The summed E-state index contributed by atoms with van der Waals surface area (Å²) >= 11 is 0. The highest BCUT2D eigenvalue weighted by Crippen LogP contribution is 2.31. The zero-order chi connectivity index (χ0) is 24.3. The normalized spacial score (nSPS) is 13.4. The molecule has 3 aromatic rings. The van der Waals surface area contributed by atoms with E-state index in [1.807, 2.05) is 35.9 Å². The third-order valence-electron chi connectivity index (χ3n) is 5.41. The summed E-state index contributed by atoms with van der Waals surface area (Å²) < 4.78 is 50.2. The van der Waals surface area contributed by atoms with Crippen molar-refractivity contribution in [2.45, 2.75) is 26.4 Å². The fourth-order valence-electron chi connectivity index (χ4n) is 3.31. The molecule has 34 heavy (non-hydrogen) atoms. The molecule has 1 fully saturated rings. The number of halogens is 1. The highest BCUT2D eigenvalue weighted by molar-refractivity contribution is 7.89. The van der Waals surface area contributed by atoms with Crippen LogP contribution in [0.3, 0.4) is 0 Å². The van der Waals surface area contributed by atoms with Crippen LogP contribution in [0.1, 0.15) is 34.3 Å². The third-order valence-corrected chi connectivity index (χ3v) is 5.96. The first-order valence-electron chi connectivity index (χ1n) is 10.8. The molecule has 0 unspecified atom stereocenters. The number of aromatic nitrogens is 1. The Labute approximate surface area is 198 Å². The first-order chi connectivity index (χ1) is 16.2. The van der Waals surface area contributed by atoms with Crippen molar-refractivity contribution in [1.82, 2.24) is 9.71 Å². The molecular formula is C25H25FN2O5S. The number of rotatable bonds is 9. The summed E-state index contributed by atoms with van der Waals surface area (Å²) in [7, 11) is -3.74. The molecular weight excluding hydrogens is 459 g/mol. The molecule has 9 heteroatoms. The Kier molecular flexibility index (Phi) is 6.83. The molecule has 1 aliphatic rings. The zero-order valence-electron chi connectivity index (χ0n) is 18.9. The van der Waals surface area contributed by atoms with Crippen LogP contribution in [0.2, 0.25) is 0 Å². The van der Waals surface area contributed by atoms with Gasteiger partial charge < -0.3 is 9.47 Å². The molecule has 1 aliphatic carbocycles. The second kappa shape index (κ2) is 9.80. The van der Waals surface area contributed by atoms with E-state index in [0.29, 0.717) is 24.2 Å². The fraction of sp³-hybridized carbons (Fsp3) is 0.280. The minimum atomic E-state index is -3.74. The second-order valence-corrected chi connectivity index (χ2v) is 10.2. The van der Waals surface area contributed by atoms with Crippen molar-refractivity contribution in [2.75, 3.05) is 12.9 Å². The number of nitrogens with one attached hydrogen (secondary N) is 1. The maximum absolute atomic E-state index is 14.5. The van der Waals surface area contributed by atoms with Crippen molar-refractivity contribution in [3.8, 4) is 22.8 Å². The molecule has 1 aromatic heterocycles. The van der Waals surface area contributed by atoms with Gasteiger partial charge in [0.05, 0.1) is 12.9 Å². The minimum absolute atomic E-state index is 0.0610. The summed E-state index contributed by atoms with van der Waals surface area (Å²) in [6, 6.07) is 13.1. The summed E-state index contributed by atoms with van der Waals surface area (Å²) in [5.74, 6) is 0.245. The average Bonchev–Trinajstić information content (AvgIpc) is 3.61. The topological polar surface area (TPSA) is 94.6 Å². The predicted molar refractivity (Wildman–Crippen MR) is 126 cm³/mol. The molecule has 1 N–H and O–H groups in total. The van der Waals surface area contributed by atoms with Gasteiger partial charge in [-0.2, -0.15) is 0 Å². The van der Waals surface area contributed by atoms with E-state index in [4.69, 9.17) is 9.47 Å². The Bertz CT molecular complexity index is 1310. The zero-order valence-corrected chi connectivity index (χ0v) is 19.7. The number of sulfonamides is 1. The lowest BCUT2D eigenvalue weighted by Gasteiger charge is -2.12. The number of hydrogen-bond acceptors (Lipinski definition) is 6. The van der Waals surface area contributed by atoms with Crippen LogP contribution in [0.25, 0.3) is 11.1 Å². The molecule has 0 radical (unpaired) electrons. The van der Waals surface area contributed by atoms with Gasteiger partial charge in [-0.1, -0.05) is 12.1 Å². The molecule has 0 aliphatic heterocycles. The van der Waals surface area contributed by atoms with E-state index in [1.54, 1.807) is 12.3 Å². The quantitative estimate of drug-likeness (QED) is 0.488. The highest BCUT2D eigenvalue weighted by atomic mass is 32.2. The van der Waals surface area contributed by atoms with Gasteiger partial charge in [-0.15, -0.1) is 0 Å². The van der Waals surface area contributed by atoms with E-state index < -0.39 is 21.7 Å². The number of pyridine rings is 1. The van der Waals surface area contributed by atoms with E-state index in [2.05, 4.69) is 4.98 Å². The second-order valence-electron chi connectivity index (χ2n) is 8.41. The molecule has 2 aromatic carbocycles. The van der Waals surface area contributed by atoms with Crippen LogP contribution in [0.4, 0.5) is 4.39 Å². The summed E-state index contributed by atoms with van der Waals surface area (Å²) in [6.07, 6.45) is 5.05. The maximum atomic E-state index is 14.5. The van der Waals surface area contributed by atoms with Crippen molar-refractivity contribution in [1.29, 1.82) is 0 Å². The summed E-state index contributed by atoms with van der Waals surface area (Å²) in [4.78, 5) is 16.3. The standard InChI is InChI=1S/C25H25FN2O5S/c1-16-3-9-21(12-22(16)19-8-10-24(27-13-19)33-14-17-4-5-17)32-15-20-7-6-18(11-23(20)26)25(29)28-34(2,30)31/h3,6-13,17H,4-5,14-15H2,1-2H3,(H,28,29). The van der Waals surface area contributed by atoms with Crippen molar-refractivity contribution in [3.05, 3.63) is 77.2 Å². The molecule has 1 heterocycles. The van der Waals surface area contributed by atoms with Gasteiger partial charge in [-0.05, 0) is 67.1 Å². The molecule has 0 spiro atoms. The number of nitrogens with zero attached hydrogens (tertiary/aromatic N) is 1. The lowest BCUT2D eigenvalue weighted by molar-refractivity contribution is 0.0981. The van der Waals surface area contributed by atoms with Crippen LogP contribution in [0, 0.1) is 18.7 Å². The molecule has 7 nitrogen and oxygen atoms in total. The van der Waals surface area contributed by atoms with Crippen LogP contribution >= 0.6 is 0 Å². The Morgan fingerprint density at radius 2 is 1.91 bits per heavy atom. The molecule has 0 saturated heterocycles. The number of carbonyl (C=O) groups is 1. The molecule has 0 bridgehead atoms. The predicted octanol–water partition coefficient (Wildman–Crippen LogP) is 4.25. The van der Waals surface area contributed by atoms with Gasteiger partial charge in [0.2, 0.25) is 15.9 Å². The van der Waals surface area contributed by atoms with Gasteiger partial charge in [0.25, 0.3) is 5.91 Å². The summed E-state index contributed by atoms with van der Waals surface area (Å²) in [5, 5.41) is 0. The maximum Gasteiger partial charge on any atom is 0.264 e. The van der Waals surface area contributed by atoms with E-state index in [9.17, 15) is 17.6 Å². The molecule has 4 rings (SSSR count). The van der Waals surface area contributed by atoms with Gasteiger partial charge in [-0.25, -0.2) is 22.5 Å². The number of hydrogen-bond donors (Lipinski definition) is 1. The number of benzene rings is 2. The first-order valence-corrected chi connectivity index (χ1v) is 12.7. The summed E-state index contributed by atoms with van der Waals surface area (Å²) in [5.41, 5.74) is 3.02. The Morgan fingerprint density at radius 1 is 1.12 bits per heavy atom. The largest absolute Gasteiger partial charge is 0.489 e. The van der Waals surface area contributed by atoms with Crippen molar-refractivity contribution < 1.29 is 27.1 Å².